The van der Waals surface area contributed by atoms with E-state index in [-0.39, 0.29) is 6.42 Å². The van der Waals surface area contributed by atoms with Crippen molar-refractivity contribution in [2.75, 3.05) is 0 Å². The third-order valence-corrected chi connectivity index (χ3v) is 1.01. The van der Waals surface area contributed by atoms with Gasteiger partial charge in [0.25, 0.3) is 0 Å². The zero-order chi connectivity index (χ0) is 8.91. The molecule has 0 heterocycles. The highest BCUT2D eigenvalue weighted by molar-refractivity contribution is 7.83. The average molecular weight is 183 g/mol. The summed E-state index contributed by atoms with van der Waals surface area (Å²) in [7, 11) is -4.43. The summed E-state index contributed by atoms with van der Waals surface area (Å²) in [6, 6.07) is 0. The molecule has 6 nitrogen and oxygen atoms in total. The van der Waals surface area contributed by atoms with Gasteiger partial charge in [-0.15, -0.1) is 0 Å². The smallest absolute Gasteiger partial charge is 0.354 e. The Kier molecular flexibility index (Phi) is 4.01. The Labute approximate surface area is 64.4 Å². The molecule has 0 saturated heterocycles. The van der Waals surface area contributed by atoms with E-state index in [0.717, 1.165) is 0 Å². The molecule has 0 saturated carbocycles. The van der Waals surface area contributed by atoms with Gasteiger partial charge in [-0.3, -0.25) is 9.35 Å². The maximum atomic E-state index is 10.4. The second-order valence-electron chi connectivity index (χ2n) is 1.78. The molecule has 0 aromatic rings. The highest BCUT2D eigenvalue weighted by atomic mass is 32.2. The molecular weight excluding hydrogens is 174 g/mol. The normalized spacial score (nSPS) is 11.1. The van der Waals surface area contributed by atoms with Crippen molar-refractivity contribution in [3.05, 3.63) is 0 Å². The molecule has 0 radical (unpaired) electrons. The van der Waals surface area contributed by atoms with E-state index in [4.69, 9.17) is 4.55 Å². The number of hydrogen-bond donors (Lipinski definition) is 2. The first-order chi connectivity index (χ1) is 4.95. The molecule has 0 amide bonds. The minimum Gasteiger partial charge on any atom is -0.354 e. The average Bonchev–Trinajstić information content (AvgIpc) is 1.83. The first-order valence-corrected chi connectivity index (χ1v) is 4.33. The zero-order valence-corrected chi connectivity index (χ0v) is 6.72. The third-order valence-electron chi connectivity index (χ3n) is 0.715. The van der Waals surface area contributed by atoms with Crippen LogP contribution in [0.3, 0.4) is 0 Å². The van der Waals surface area contributed by atoms with E-state index < -0.39 is 16.3 Å². The summed E-state index contributed by atoms with van der Waals surface area (Å²) in [5.41, 5.74) is 0. The molecule has 0 aliphatic heterocycles. The van der Waals surface area contributed by atoms with Gasteiger partial charge in [-0.2, -0.15) is 8.42 Å². The molecule has 0 fully saturated rings. The van der Waals surface area contributed by atoms with Gasteiger partial charge in [-0.25, -0.2) is 0 Å². The summed E-state index contributed by atoms with van der Waals surface area (Å²) in [4.78, 5) is 15.5. The zero-order valence-electron chi connectivity index (χ0n) is 5.90. The summed E-state index contributed by atoms with van der Waals surface area (Å²) in [5.74, 6) is -0.731. The van der Waals surface area contributed by atoms with Crippen molar-refractivity contribution in [1.29, 1.82) is 0 Å². The van der Waals surface area contributed by atoms with Gasteiger partial charge in [-0.05, 0) is 11.3 Å². The fourth-order valence-electron chi connectivity index (χ4n) is 0.354. The van der Waals surface area contributed by atoms with Gasteiger partial charge >= 0.3 is 16.3 Å². The monoisotopic (exact) mass is 183 g/mol. The summed E-state index contributed by atoms with van der Waals surface area (Å²) in [6.45, 7) is 1.73. The predicted molar refractivity (Wildman–Crippen MR) is 35.7 cm³/mol. The van der Waals surface area contributed by atoms with Crippen molar-refractivity contribution in [2.45, 2.75) is 19.8 Å². The van der Waals surface area contributed by atoms with Crippen LogP contribution in [0.1, 0.15) is 19.8 Å². The van der Waals surface area contributed by atoms with Crippen molar-refractivity contribution in [1.82, 2.24) is 4.89 Å². The molecule has 0 bridgehead atoms. The second-order valence-corrected chi connectivity index (χ2v) is 2.90. The van der Waals surface area contributed by atoms with Gasteiger partial charge < -0.3 is 4.84 Å². The van der Waals surface area contributed by atoms with Crippen molar-refractivity contribution < 1.29 is 22.6 Å². The van der Waals surface area contributed by atoms with Gasteiger partial charge in [0.15, 0.2) is 0 Å². The van der Waals surface area contributed by atoms with Crippen LogP contribution in [0, 0.1) is 0 Å². The summed E-state index contributed by atoms with van der Waals surface area (Å²) in [6.07, 6.45) is 0.647. The molecule has 66 valence electrons. The van der Waals surface area contributed by atoms with Gasteiger partial charge in [0.2, 0.25) is 0 Å². The Bertz CT molecular complexity index is 221. The second kappa shape index (κ2) is 4.27. The lowest BCUT2D eigenvalue weighted by Gasteiger charge is -1.99. The van der Waals surface area contributed by atoms with Gasteiger partial charge in [0, 0.05) is 6.42 Å². The summed E-state index contributed by atoms with van der Waals surface area (Å²) >= 11 is 0. The van der Waals surface area contributed by atoms with E-state index in [1.54, 1.807) is 6.92 Å². The third kappa shape index (κ3) is 7.23. The van der Waals surface area contributed by atoms with E-state index in [9.17, 15) is 13.2 Å². The van der Waals surface area contributed by atoms with E-state index >= 15 is 0 Å². The number of carbonyl (C=O) groups is 1. The maximum Gasteiger partial charge on any atom is 0.365 e. The number of rotatable bonds is 4. The predicted octanol–water partition coefficient (Wildman–Crippen LogP) is -0.363. The highest BCUT2D eigenvalue weighted by Crippen LogP contribution is 1.88. The molecule has 0 atom stereocenters. The largest absolute Gasteiger partial charge is 0.365 e. The fourth-order valence-corrected chi connectivity index (χ4v) is 0.553. The molecule has 2 N–H and O–H groups in total. The standard InChI is InChI=1S/C4H9NO5S/c1-2-3-4(6)10-5-11(7,8)9/h5H,2-3H2,1H3,(H,7,8,9). The van der Waals surface area contributed by atoms with Crippen LogP contribution < -0.4 is 4.89 Å². The molecule has 0 unspecified atom stereocenters. The van der Waals surface area contributed by atoms with Crippen molar-refractivity contribution >= 4 is 16.3 Å². The molecule has 0 spiro atoms. The molecular formula is C4H9NO5S. The topological polar surface area (TPSA) is 92.7 Å². The Morgan fingerprint density at radius 2 is 2.18 bits per heavy atom. The Morgan fingerprint density at radius 1 is 1.64 bits per heavy atom. The molecule has 0 aliphatic carbocycles. The van der Waals surface area contributed by atoms with Crippen LogP contribution in [-0.4, -0.2) is 18.9 Å². The maximum absolute atomic E-state index is 10.4. The number of hydrogen-bond acceptors (Lipinski definition) is 4. The van der Waals surface area contributed by atoms with Crippen LogP contribution >= 0.6 is 0 Å². The van der Waals surface area contributed by atoms with Crippen molar-refractivity contribution in [2.24, 2.45) is 0 Å². The first kappa shape index (κ1) is 10.3. The van der Waals surface area contributed by atoms with Crippen molar-refractivity contribution in [3.8, 4) is 0 Å². The Balaban J connectivity index is 3.64. The number of nitrogens with one attached hydrogen (secondary N) is 1. The van der Waals surface area contributed by atoms with Gasteiger partial charge in [-0.1, -0.05) is 6.92 Å². The molecule has 11 heavy (non-hydrogen) atoms. The van der Waals surface area contributed by atoms with Gasteiger partial charge in [0.1, 0.15) is 0 Å². The summed E-state index contributed by atoms with van der Waals surface area (Å²) < 4.78 is 27.8. The van der Waals surface area contributed by atoms with Crippen molar-refractivity contribution in [3.63, 3.8) is 0 Å². The lowest BCUT2D eigenvalue weighted by molar-refractivity contribution is -0.147. The van der Waals surface area contributed by atoms with Crippen LogP contribution in [-0.2, 0) is 19.9 Å². The quantitative estimate of drug-likeness (QED) is 0.458. The lowest BCUT2D eigenvalue weighted by atomic mass is 10.3. The summed E-state index contributed by atoms with van der Waals surface area (Å²) in [5, 5.41) is 0. The number of carbonyl (C=O) groups excluding carboxylic acids is 1. The van der Waals surface area contributed by atoms with Crippen LogP contribution in [0.25, 0.3) is 0 Å². The van der Waals surface area contributed by atoms with Crippen LogP contribution in [0.2, 0.25) is 0 Å². The van der Waals surface area contributed by atoms with Crippen LogP contribution in [0.15, 0.2) is 0 Å². The fraction of sp³-hybridized carbons (Fsp3) is 0.750. The highest BCUT2D eigenvalue weighted by Gasteiger charge is 2.06. The molecule has 0 aliphatic rings. The van der Waals surface area contributed by atoms with Crippen LogP contribution in [0.5, 0.6) is 0 Å². The van der Waals surface area contributed by atoms with E-state index in [1.165, 1.54) is 4.89 Å². The SMILES string of the molecule is CCCC(=O)ONS(=O)(=O)O. The van der Waals surface area contributed by atoms with E-state index in [2.05, 4.69) is 4.84 Å². The molecule has 0 aromatic carbocycles. The van der Waals surface area contributed by atoms with E-state index in [1.807, 2.05) is 0 Å². The van der Waals surface area contributed by atoms with Crippen LogP contribution in [0.4, 0.5) is 0 Å². The molecule has 0 aromatic heterocycles. The van der Waals surface area contributed by atoms with E-state index in [0.29, 0.717) is 6.42 Å². The first-order valence-electron chi connectivity index (χ1n) is 2.89. The molecule has 0 rings (SSSR count). The Morgan fingerprint density at radius 3 is 2.55 bits per heavy atom. The minimum absolute atomic E-state index is 0.0997. The van der Waals surface area contributed by atoms with Gasteiger partial charge in [0.05, 0.1) is 0 Å². The molecule has 7 heteroatoms. The Hall–Kier alpha value is -0.660. The minimum atomic E-state index is -4.43. The lowest BCUT2D eigenvalue weighted by Crippen LogP contribution is -2.26.